The molecule has 0 amide bonds. The number of benzene rings is 1. The molecule has 0 aliphatic carbocycles. The SMILES string of the molecule is CCOC(=O)/C(CCCc1cccc(Cl)c1)=N/O. The van der Waals surface area contributed by atoms with E-state index in [2.05, 4.69) is 5.16 Å². The van der Waals surface area contributed by atoms with Gasteiger partial charge in [-0.25, -0.2) is 4.79 Å². The molecule has 0 spiro atoms. The van der Waals surface area contributed by atoms with Crippen molar-refractivity contribution < 1.29 is 14.7 Å². The lowest BCUT2D eigenvalue weighted by molar-refractivity contribution is -0.135. The molecule has 1 N–H and O–H groups in total. The van der Waals surface area contributed by atoms with Crippen LogP contribution in [0, 0.1) is 0 Å². The second-order valence-electron chi connectivity index (χ2n) is 3.75. The highest BCUT2D eigenvalue weighted by Gasteiger charge is 2.12. The van der Waals surface area contributed by atoms with Gasteiger partial charge in [-0.3, -0.25) is 0 Å². The van der Waals surface area contributed by atoms with Gasteiger partial charge in [0.1, 0.15) is 0 Å². The number of ether oxygens (including phenoxy) is 1. The van der Waals surface area contributed by atoms with Crippen molar-refractivity contribution in [3.63, 3.8) is 0 Å². The minimum Gasteiger partial charge on any atom is -0.461 e. The van der Waals surface area contributed by atoms with Gasteiger partial charge in [-0.15, -0.1) is 0 Å². The fraction of sp³-hybridized carbons (Fsp3) is 0.385. The van der Waals surface area contributed by atoms with Gasteiger partial charge in [0.05, 0.1) is 6.61 Å². The van der Waals surface area contributed by atoms with Gasteiger partial charge < -0.3 is 9.94 Å². The van der Waals surface area contributed by atoms with Crippen molar-refractivity contribution >= 4 is 23.3 Å². The summed E-state index contributed by atoms with van der Waals surface area (Å²) in [4.78, 5) is 11.3. The molecule has 0 radical (unpaired) electrons. The lowest BCUT2D eigenvalue weighted by Gasteiger charge is -2.04. The van der Waals surface area contributed by atoms with E-state index < -0.39 is 5.97 Å². The standard InChI is InChI=1S/C13H16ClNO3/c1-2-18-13(16)12(15-17)8-4-6-10-5-3-7-11(14)9-10/h3,5,7,9,17H,2,4,6,8H2,1H3/b15-12+. The predicted octanol–water partition coefficient (Wildman–Crippen LogP) is 3.06. The van der Waals surface area contributed by atoms with Gasteiger partial charge in [0.15, 0.2) is 5.71 Å². The Labute approximate surface area is 111 Å². The average Bonchev–Trinajstić information content (AvgIpc) is 2.35. The predicted molar refractivity (Wildman–Crippen MR) is 70.2 cm³/mol. The van der Waals surface area contributed by atoms with Crippen LogP contribution in [0.5, 0.6) is 0 Å². The Bertz CT molecular complexity index is 432. The molecule has 0 fully saturated rings. The van der Waals surface area contributed by atoms with E-state index in [0.717, 1.165) is 12.0 Å². The molecule has 0 heterocycles. The molecular weight excluding hydrogens is 254 g/mol. The lowest BCUT2D eigenvalue weighted by Crippen LogP contribution is -2.17. The highest BCUT2D eigenvalue weighted by Crippen LogP contribution is 2.13. The largest absolute Gasteiger partial charge is 0.461 e. The van der Waals surface area contributed by atoms with Crippen molar-refractivity contribution in [1.29, 1.82) is 0 Å². The van der Waals surface area contributed by atoms with E-state index >= 15 is 0 Å². The van der Waals surface area contributed by atoms with Gasteiger partial charge in [0, 0.05) is 11.4 Å². The zero-order valence-electron chi connectivity index (χ0n) is 10.2. The maximum absolute atomic E-state index is 11.3. The Kier molecular flexibility index (Phi) is 6.22. The van der Waals surface area contributed by atoms with Crippen LogP contribution < -0.4 is 0 Å². The van der Waals surface area contributed by atoms with E-state index in [-0.39, 0.29) is 12.3 Å². The summed E-state index contributed by atoms with van der Waals surface area (Å²) in [6.07, 6.45) is 1.83. The van der Waals surface area contributed by atoms with Gasteiger partial charge in [0.25, 0.3) is 0 Å². The summed E-state index contributed by atoms with van der Waals surface area (Å²) in [7, 11) is 0. The number of carbonyl (C=O) groups is 1. The van der Waals surface area contributed by atoms with Gasteiger partial charge in [-0.1, -0.05) is 28.9 Å². The van der Waals surface area contributed by atoms with Crippen LogP contribution >= 0.6 is 11.6 Å². The van der Waals surface area contributed by atoms with Crippen LogP contribution in [0.15, 0.2) is 29.4 Å². The number of esters is 1. The molecule has 0 unspecified atom stereocenters. The smallest absolute Gasteiger partial charge is 0.356 e. The molecule has 0 aliphatic heterocycles. The number of hydrogen-bond donors (Lipinski definition) is 1. The monoisotopic (exact) mass is 269 g/mol. The summed E-state index contributed by atoms with van der Waals surface area (Å²) in [5.74, 6) is -0.564. The third-order valence-electron chi connectivity index (χ3n) is 2.40. The quantitative estimate of drug-likeness (QED) is 0.374. The van der Waals surface area contributed by atoms with Gasteiger partial charge in [-0.05, 0) is 37.5 Å². The van der Waals surface area contributed by atoms with Crippen LogP contribution in [-0.2, 0) is 16.0 Å². The third kappa shape index (κ3) is 4.75. The number of aryl methyl sites for hydroxylation is 1. The zero-order valence-corrected chi connectivity index (χ0v) is 11.0. The number of carbonyl (C=O) groups excluding carboxylic acids is 1. The molecule has 5 heteroatoms. The molecule has 0 atom stereocenters. The first-order chi connectivity index (χ1) is 8.67. The van der Waals surface area contributed by atoms with Crippen molar-refractivity contribution in [1.82, 2.24) is 0 Å². The van der Waals surface area contributed by atoms with Crippen molar-refractivity contribution in [3.05, 3.63) is 34.9 Å². The molecule has 98 valence electrons. The highest BCUT2D eigenvalue weighted by molar-refractivity contribution is 6.36. The summed E-state index contributed by atoms with van der Waals surface area (Å²) in [6, 6.07) is 7.53. The maximum atomic E-state index is 11.3. The number of halogens is 1. The van der Waals surface area contributed by atoms with Gasteiger partial charge in [0.2, 0.25) is 0 Å². The van der Waals surface area contributed by atoms with Gasteiger partial charge >= 0.3 is 5.97 Å². The van der Waals surface area contributed by atoms with Crippen LogP contribution in [0.1, 0.15) is 25.3 Å². The number of hydrogen-bond acceptors (Lipinski definition) is 4. The van der Waals surface area contributed by atoms with Gasteiger partial charge in [-0.2, -0.15) is 0 Å². The lowest BCUT2D eigenvalue weighted by atomic mass is 10.1. The maximum Gasteiger partial charge on any atom is 0.356 e. The van der Waals surface area contributed by atoms with E-state index in [9.17, 15) is 4.79 Å². The first-order valence-electron chi connectivity index (χ1n) is 5.80. The fourth-order valence-corrected chi connectivity index (χ4v) is 1.77. The molecule has 0 saturated heterocycles. The molecule has 1 rings (SSSR count). The van der Waals surface area contributed by atoms with E-state index in [1.807, 2.05) is 24.3 Å². The van der Waals surface area contributed by atoms with E-state index in [1.54, 1.807) is 6.92 Å². The Balaban J connectivity index is 2.43. The Morgan fingerprint density at radius 1 is 1.50 bits per heavy atom. The topological polar surface area (TPSA) is 58.9 Å². The third-order valence-corrected chi connectivity index (χ3v) is 2.63. The van der Waals surface area contributed by atoms with Crippen LogP contribution in [-0.4, -0.2) is 23.5 Å². The summed E-state index contributed by atoms with van der Waals surface area (Å²) in [5, 5.41) is 12.4. The summed E-state index contributed by atoms with van der Waals surface area (Å²) >= 11 is 5.87. The van der Waals surface area contributed by atoms with Crippen molar-refractivity contribution in [2.75, 3.05) is 6.61 Å². The molecule has 18 heavy (non-hydrogen) atoms. The van der Waals surface area contributed by atoms with Crippen LogP contribution in [0.4, 0.5) is 0 Å². The normalized spacial score (nSPS) is 11.3. The average molecular weight is 270 g/mol. The van der Waals surface area contributed by atoms with Crippen LogP contribution in [0.25, 0.3) is 0 Å². The second kappa shape index (κ2) is 7.71. The van der Waals surface area contributed by atoms with E-state index in [4.69, 9.17) is 21.5 Å². The minimum atomic E-state index is -0.564. The van der Waals surface area contributed by atoms with Crippen LogP contribution in [0.2, 0.25) is 5.02 Å². The van der Waals surface area contributed by atoms with Crippen molar-refractivity contribution in [2.24, 2.45) is 5.16 Å². The molecule has 1 aromatic carbocycles. The number of nitrogens with zero attached hydrogens (tertiary/aromatic N) is 1. The van der Waals surface area contributed by atoms with Crippen LogP contribution in [0.3, 0.4) is 0 Å². The molecule has 4 nitrogen and oxygen atoms in total. The first kappa shape index (κ1) is 14.5. The highest BCUT2D eigenvalue weighted by atomic mass is 35.5. The molecular formula is C13H16ClNO3. The molecule has 0 aromatic heterocycles. The Morgan fingerprint density at radius 2 is 2.28 bits per heavy atom. The molecule has 0 aliphatic rings. The summed E-state index contributed by atoms with van der Waals surface area (Å²) in [6.45, 7) is 1.98. The minimum absolute atomic E-state index is 0.0545. The van der Waals surface area contributed by atoms with E-state index in [0.29, 0.717) is 17.9 Å². The summed E-state index contributed by atoms with van der Waals surface area (Å²) in [5.41, 5.74) is 1.14. The van der Waals surface area contributed by atoms with E-state index in [1.165, 1.54) is 0 Å². The molecule has 0 saturated carbocycles. The summed E-state index contributed by atoms with van der Waals surface area (Å²) < 4.78 is 4.77. The number of rotatable bonds is 6. The molecule has 1 aromatic rings. The fourth-order valence-electron chi connectivity index (χ4n) is 1.56. The zero-order chi connectivity index (χ0) is 13.4. The Hall–Kier alpha value is -1.55. The van der Waals surface area contributed by atoms with Crippen molar-refractivity contribution in [2.45, 2.75) is 26.2 Å². The molecule has 0 bridgehead atoms. The Morgan fingerprint density at radius 3 is 2.89 bits per heavy atom. The van der Waals surface area contributed by atoms with Crippen molar-refractivity contribution in [3.8, 4) is 0 Å². The first-order valence-corrected chi connectivity index (χ1v) is 6.17. The number of oxime groups is 1. The second-order valence-corrected chi connectivity index (χ2v) is 4.19.